The minimum atomic E-state index is -2.21. The lowest BCUT2D eigenvalue weighted by Gasteiger charge is -2.21. The van der Waals surface area contributed by atoms with Crippen LogP contribution in [0.25, 0.3) is 11.2 Å². The van der Waals surface area contributed by atoms with Crippen LogP contribution in [0.5, 0.6) is 0 Å². The van der Waals surface area contributed by atoms with E-state index < -0.39 is 17.4 Å². The Morgan fingerprint density at radius 2 is 2.22 bits per heavy atom. The average molecular weight is 396 g/mol. The number of aliphatic hydroxyl groups excluding tert-OH is 1. The van der Waals surface area contributed by atoms with E-state index in [0.29, 0.717) is 49.0 Å². The lowest BCUT2D eigenvalue weighted by molar-refractivity contribution is 0.169. The molecule has 4 atom stereocenters. The Morgan fingerprint density at radius 1 is 1.44 bits per heavy atom. The molecule has 1 fully saturated rings. The summed E-state index contributed by atoms with van der Waals surface area (Å²) in [6, 6.07) is -0.211. The number of nitrogens with zero attached hydrogens (tertiary/aromatic N) is 5. The molecule has 1 aliphatic heterocycles. The molecule has 3 heterocycles. The molecular weight excluding hydrogens is 370 g/mol. The van der Waals surface area contributed by atoms with Gasteiger partial charge in [0.15, 0.2) is 17.0 Å². The Morgan fingerprint density at radius 3 is 2.81 bits per heavy atom. The summed E-state index contributed by atoms with van der Waals surface area (Å²) in [5.41, 5.74) is 1.34. The SMILES string of the molecule is CCC(Nc1nc(NC2CCN(S(=O)[O-])C2)c2ncn(CC)c2n1)C(C)O. The molecule has 3 N–H and O–H groups in total. The zero-order chi connectivity index (χ0) is 19.6. The molecule has 150 valence electrons. The predicted octanol–water partition coefficient (Wildman–Crippen LogP) is 0.698. The molecule has 1 saturated heterocycles. The van der Waals surface area contributed by atoms with Crippen LogP contribution in [0.3, 0.4) is 0 Å². The molecule has 0 spiro atoms. The number of aryl methyl sites for hydroxylation is 1. The van der Waals surface area contributed by atoms with Crippen LogP contribution in [-0.4, -0.2) is 69.0 Å². The topological polar surface area (TPSA) is 131 Å². The zero-order valence-corrected chi connectivity index (χ0v) is 16.6. The van der Waals surface area contributed by atoms with Crippen molar-refractivity contribution in [3.63, 3.8) is 0 Å². The van der Waals surface area contributed by atoms with Crippen molar-refractivity contribution in [2.75, 3.05) is 23.7 Å². The van der Waals surface area contributed by atoms with E-state index in [2.05, 4.69) is 25.6 Å². The van der Waals surface area contributed by atoms with Crippen LogP contribution < -0.4 is 10.6 Å². The monoisotopic (exact) mass is 396 g/mol. The van der Waals surface area contributed by atoms with Gasteiger partial charge in [0.1, 0.15) is 0 Å². The van der Waals surface area contributed by atoms with Gasteiger partial charge in [0, 0.05) is 36.9 Å². The van der Waals surface area contributed by atoms with Gasteiger partial charge < -0.3 is 24.9 Å². The summed E-state index contributed by atoms with van der Waals surface area (Å²) < 4.78 is 25.6. The molecule has 1 aliphatic rings. The highest BCUT2D eigenvalue weighted by Gasteiger charge is 2.25. The van der Waals surface area contributed by atoms with Gasteiger partial charge in [0.25, 0.3) is 0 Å². The van der Waals surface area contributed by atoms with Crippen molar-refractivity contribution in [1.29, 1.82) is 0 Å². The van der Waals surface area contributed by atoms with E-state index in [0.717, 1.165) is 6.42 Å². The van der Waals surface area contributed by atoms with Gasteiger partial charge in [0.2, 0.25) is 5.95 Å². The number of aromatic nitrogens is 4. The summed E-state index contributed by atoms with van der Waals surface area (Å²) in [6.45, 7) is 7.30. The minimum absolute atomic E-state index is 0.0423. The highest BCUT2D eigenvalue weighted by atomic mass is 32.2. The number of imidazole rings is 1. The van der Waals surface area contributed by atoms with Gasteiger partial charge in [-0.25, -0.2) is 9.29 Å². The molecule has 27 heavy (non-hydrogen) atoms. The van der Waals surface area contributed by atoms with Crippen LogP contribution in [0, 0.1) is 0 Å². The van der Waals surface area contributed by atoms with E-state index in [4.69, 9.17) is 0 Å². The Balaban J connectivity index is 1.90. The van der Waals surface area contributed by atoms with Gasteiger partial charge >= 0.3 is 0 Å². The van der Waals surface area contributed by atoms with Gasteiger partial charge in [0.05, 0.1) is 18.5 Å². The van der Waals surface area contributed by atoms with E-state index in [1.54, 1.807) is 13.3 Å². The first kappa shape index (κ1) is 19.9. The third kappa shape index (κ3) is 4.37. The predicted molar refractivity (Wildman–Crippen MR) is 103 cm³/mol. The van der Waals surface area contributed by atoms with E-state index in [-0.39, 0.29) is 12.1 Å². The molecule has 2 aromatic rings. The van der Waals surface area contributed by atoms with Gasteiger partial charge in [-0.1, -0.05) is 6.92 Å². The minimum Gasteiger partial charge on any atom is -0.760 e. The molecule has 3 rings (SSSR count). The van der Waals surface area contributed by atoms with Crippen molar-refractivity contribution in [2.45, 2.75) is 58.3 Å². The van der Waals surface area contributed by atoms with Crippen LogP contribution >= 0.6 is 0 Å². The number of fused-ring (bicyclic) bond motifs is 1. The maximum absolute atomic E-state index is 11.1. The number of hydrogen-bond acceptors (Lipinski definition) is 8. The Hall–Kier alpha value is -1.82. The fourth-order valence-electron chi connectivity index (χ4n) is 3.25. The maximum atomic E-state index is 11.1. The van der Waals surface area contributed by atoms with Crippen LogP contribution in [0.4, 0.5) is 11.8 Å². The number of hydrogen-bond donors (Lipinski definition) is 3. The summed E-state index contributed by atoms with van der Waals surface area (Å²) in [5.74, 6) is 0.980. The molecule has 0 aliphatic carbocycles. The number of anilines is 2. The Kier molecular flexibility index (Phi) is 6.25. The largest absolute Gasteiger partial charge is 0.760 e. The van der Waals surface area contributed by atoms with Crippen molar-refractivity contribution < 1.29 is 13.9 Å². The molecule has 0 saturated carbocycles. The molecule has 10 nitrogen and oxygen atoms in total. The summed E-state index contributed by atoms with van der Waals surface area (Å²) >= 11 is -2.21. The van der Waals surface area contributed by atoms with Crippen molar-refractivity contribution in [2.24, 2.45) is 0 Å². The third-order valence-corrected chi connectivity index (χ3v) is 5.60. The zero-order valence-electron chi connectivity index (χ0n) is 15.8. The molecule has 0 amide bonds. The average Bonchev–Trinajstić information content (AvgIpc) is 3.26. The summed E-state index contributed by atoms with van der Waals surface area (Å²) in [7, 11) is 0. The highest BCUT2D eigenvalue weighted by Crippen LogP contribution is 2.24. The summed E-state index contributed by atoms with van der Waals surface area (Å²) in [6.07, 6.45) is 2.59. The van der Waals surface area contributed by atoms with Crippen LogP contribution in [-0.2, 0) is 17.8 Å². The van der Waals surface area contributed by atoms with Crippen LogP contribution in [0.15, 0.2) is 6.33 Å². The second-order valence-electron chi connectivity index (χ2n) is 6.73. The van der Waals surface area contributed by atoms with Gasteiger partial charge in [-0.2, -0.15) is 9.97 Å². The summed E-state index contributed by atoms with van der Waals surface area (Å²) in [4.78, 5) is 13.6. The van der Waals surface area contributed by atoms with Gasteiger partial charge in [-0.15, -0.1) is 0 Å². The fourth-order valence-corrected chi connectivity index (χ4v) is 3.80. The fraction of sp³-hybridized carbons (Fsp3) is 0.688. The molecule has 2 aromatic heterocycles. The normalized spacial score (nSPS) is 21.3. The van der Waals surface area contributed by atoms with E-state index >= 15 is 0 Å². The van der Waals surface area contributed by atoms with Gasteiger partial charge in [-0.05, 0) is 26.7 Å². The third-order valence-electron chi connectivity index (χ3n) is 4.84. The lowest BCUT2D eigenvalue weighted by Crippen LogP contribution is -2.32. The first-order valence-corrected chi connectivity index (χ1v) is 10.2. The lowest BCUT2D eigenvalue weighted by atomic mass is 10.1. The first-order chi connectivity index (χ1) is 12.9. The second-order valence-corrected chi connectivity index (χ2v) is 7.68. The number of aliphatic hydroxyl groups is 1. The Bertz CT molecular complexity index is 813. The number of nitrogens with one attached hydrogen (secondary N) is 2. The van der Waals surface area contributed by atoms with E-state index in [1.807, 2.05) is 18.4 Å². The summed E-state index contributed by atoms with van der Waals surface area (Å²) in [5, 5.41) is 16.4. The molecule has 0 radical (unpaired) electrons. The molecule has 4 unspecified atom stereocenters. The first-order valence-electron chi connectivity index (χ1n) is 9.21. The van der Waals surface area contributed by atoms with Gasteiger partial charge in [-0.3, -0.25) is 4.21 Å². The smallest absolute Gasteiger partial charge is 0.227 e. The maximum Gasteiger partial charge on any atom is 0.227 e. The van der Waals surface area contributed by atoms with Crippen molar-refractivity contribution in [1.82, 2.24) is 23.8 Å². The van der Waals surface area contributed by atoms with Crippen molar-refractivity contribution in [3.8, 4) is 0 Å². The highest BCUT2D eigenvalue weighted by molar-refractivity contribution is 7.76. The molecule has 0 aromatic carbocycles. The van der Waals surface area contributed by atoms with E-state index in [1.165, 1.54) is 4.31 Å². The molecular formula is C16H26N7O3S-. The Labute approximate surface area is 160 Å². The molecule has 0 bridgehead atoms. The number of rotatable bonds is 8. The standard InChI is InChI=1S/C16H27N7O3S/c1-4-12(10(3)24)19-16-20-14(13-15(21-16)22(5-2)9-17-13)18-11-6-7-23(8-11)27(25)26/h9-12,24H,4-8H2,1-3H3,(H,25,26)(H2,18,19,20,21)/p-1. The van der Waals surface area contributed by atoms with Crippen molar-refractivity contribution in [3.05, 3.63) is 6.33 Å². The van der Waals surface area contributed by atoms with E-state index in [9.17, 15) is 13.9 Å². The quantitative estimate of drug-likeness (QED) is 0.556. The molecule has 11 heteroatoms. The van der Waals surface area contributed by atoms with Crippen LogP contribution in [0.2, 0.25) is 0 Å². The second kappa shape index (κ2) is 8.46. The van der Waals surface area contributed by atoms with Crippen LogP contribution in [0.1, 0.15) is 33.6 Å². The van der Waals surface area contributed by atoms with Crippen molar-refractivity contribution >= 4 is 34.2 Å².